The normalized spacial score (nSPS) is 10.7. The maximum absolute atomic E-state index is 11.9. The van der Waals surface area contributed by atoms with Crippen molar-refractivity contribution in [3.05, 3.63) is 75.8 Å². The first-order chi connectivity index (χ1) is 13.7. The quantitative estimate of drug-likeness (QED) is 0.277. The van der Waals surface area contributed by atoms with Gasteiger partial charge in [-0.3, -0.25) is 14.9 Å². The number of thiazole rings is 1. The number of nitrogens with zero attached hydrogens (tertiary/aromatic N) is 2. The zero-order valence-electron chi connectivity index (χ0n) is 16.1. The summed E-state index contributed by atoms with van der Waals surface area (Å²) in [5, 5.41) is 24.7. The molecule has 0 spiro atoms. The van der Waals surface area contributed by atoms with Crippen molar-refractivity contribution in [1.82, 2.24) is 0 Å². The fraction of sp³-hybridized carbons (Fsp3) is 0.143. The van der Waals surface area contributed by atoms with Crippen LogP contribution in [0, 0.1) is 10.1 Å². The van der Waals surface area contributed by atoms with Gasteiger partial charge < -0.3 is 10.4 Å². The van der Waals surface area contributed by atoms with Crippen molar-refractivity contribution in [2.45, 2.75) is 13.3 Å². The number of rotatable bonds is 6. The highest BCUT2D eigenvalue weighted by molar-refractivity contribution is 7.19. The first-order valence-corrected chi connectivity index (χ1v) is 9.53. The van der Waals surface area contributed by atoms with E-state index < -0.39 is 4.92 Å². The van der Waals surface area contributed by atoms with Crippen LogP contribution in [0.15, 0.2) is 55.1 Å². The minimum atomic E-state index is -0.494. The zero-order valence-corrected chi connectivity index (χ0v) is 16.9. The lowest BCUT2D eigenvalue weighted by Crippen LogP contribution is -2.30. The molecule has 3 rings (SSSR count). The summed E-state index contributed by atoms with van der Waals surface area (Å²) in [6.45, 7) is 9.39. The van der Waals surface area contributed by atoms with Crippen molar-refractivity contribution >= 4 is 44.4 Å². The standard InChI is InChI=1S/C21H19N3O4S/c1-12(2)20(26)22-15-5-8-19-17(11-15)23(4)21(29-19)13(3)9-14-10-16(24(27)28)6-7-18(14)25/h5-8,10-11H,1,3,9H2,2,4H3,(H-,22,25,26)/p+1. The molecule has 0 fully saturated rings. The number of carbonyl (C=O) groups excluding carboxylic acids is 1. The predicted octanol–water partition coefficient (Wildman–Crippen LogP) is 4.11. The van der Waals surface area contributed by atoms with Crippen LogP contribution in [0.5, 0.6) is 5.75 Å². The molecular weight excluding hydrogens is 390 g/mol. The number of allylic oxidation sites excluding steroid dienone is 1. The Bertz CT molecular complexity index is 1180. The van der Waals surface area contributed by atoms with Gasteiger partial charge in [0.05, 0.1) is 4.92 Å². The number of benzene rings is 2. The van der Waals surface area contributed by atoms with Crippen LogP contribution in [0.2, 0.25) is 0 Å². The number of aromatic nitrogens is 1. The number of amides is 1. The molecule has 0 aliphatic carbocycles. The molecule has 3 aromatic rings. The number of nitro groups is 1. The van der Waals surface area contributed by atoms with E-state index in [4.69, 9.17) is 0 Å². The van der Waals surface area contributed by atoms with E-state index in [1.54, 1.807) is 6.92 Å². The van der Waals surface area contributed by atoms with Crippen LogP contribution in [0.1, 0.15) is 17.5 Å². The topological polar surface area (TPSA) is 96.3 Å². The summed E-state index contributed by atoms with van der Waals surface area (Å²) >= 11 is 1.52. The lowest BCUT2D eigenvalue weighted by atomic mass is 10.0. The molecule has 148 valence electrons. The fourth-order valence-electron chi connectivity index (χ4n) is 2.91. The molecule has 0 unspecified atom stereocenters. The zero-order chi connectivity index (χ0) is 21.3. The van der Waals surface area contributed by atoms with Crippen LogP contribution in [0.25, 0.3) is 15.8 Å². The number of aromatic hydroxyl groups is 1. The molecule has 1 amide bonds. The molecule has 1 heterocycles. The number of phenolic OH excluding ortho intramolecular Hbond substituents is 1. The molecule has 0 saturated carbocycles. The highest BCUT2D eigenvalue weighted by Crippen LogP contribution is 2.31. The minimum Gasteiger partial charge on any atom is -0.508 e. The van der Waals surface area contributed by atoms with Crippen LogP contribution < -0.4 is 9.88 Å². The second kappa shape index (κ2) is 7.84. The van der Waals surface area contributed by atoms with E-state index in [1.807, 2.05) is 29.8 Å². The monoisotopic (exact) mass is 410 g/mol. The molecule has 0 radical (unpaired) electrons. The molecule has 7 nitrogen and oxygen atoms in total. The van der Waals surface area contributed by atoms with Crippen LogP contribution in [0.3, 0.4) is 0 Å². The van der Waals surface area contributed by atoms with Crippen LogP contribution >= 0.6 is 11.3 Å². The van der Waals surface area contributed by atoms with Crippen molar-refractivity contribution in [1.29, 1.82) is 0 Å². The van der Waals surface area contributed by atoms with Crippen LogP contribution in [0.4, 0.5) is 11.4 Å². The largest absolute Gasteiger partial charge is 0.508 e. The second-order valence-electron chi connectivity index (χ2n) is 6.73. The molecule has 0 aliphatic heterocycles. The van der Waals surface area contributed by atoms with Crippen LogP contribution in [-0.4, -0.2) is 15.9 Å². The number of hydrogen-bond acceptors (Lipinski definition) is 5. The van der Waals surface area contributed by atoms with Crippen molar-refractivity contribution in [2.24, 2.45) is 7.05 Å². The van der Waals surface area contributed by atoms with E-state index in [2.05, 4.69) is 18.5 Å². The SMILES string of the molecule is C=C(C)C(=O)Nc1ccc2sc(C(=C)Cc3cc([N+](=O)[O-])ccc3O)[n+](C)c2c1. The van der Waals surface area contributed by atoms with Gasteiger partial charge in [-0.1, -0.05) is 24.5 Å². The van der Waals surface area contributed by atoms with E-state index >= 15 is 0 Å². The molecule has 8 heteroatoms. The van der Waals surface area contributed by atoms with Gasteiger partial charge in [-0.2, -0.15) is 4.57 Å². The lowest BCUT2D eigenvalue weighted by Gasteiger charge is -2.05. The Balaban J connectivity index is 1.92. The maximum Gasteiger partial charge on any atom is 0.269 e. The van der Waals surface area contributed by atoms with E-state index in [1.165, 1.54) is 29.5 Å². The van der Waals surface area contributed by atoms with E-state index in [0.717, 1.165) is 20.8 Å². The van der Waals surface area contributed by atoms with Crippen molar-refractivity contribution in [3.63, 3.8) is 0 Å². The summed E-state index contributed by atoms with van der Waals surface area (Å²) in [6.07, 6.45) is 0.271. The molecule has 0 saturated heterocycles. The first-order valence-electron chi connectivity index (χ1n) is 8.71. The highest BCUT2D eigenvalue weighted by Gasteiger charge is 2.22. The Morgan fingerprint density at radius 1 is 1.28 bits per heavy atom. The number of phenols is 1. The van der Waals surface area contributed by atoms with Gasteiger partial charge in [0.1, 0.15) is 17.5 Å². The maximum atomic E-state index is 11.9. The molecular formula is C21H20N3O4S+. The molecule has 0 aliphatic rings. The molecule has 1 aromatic heterocycles. The molecule has 29 heavy (non-hydrogen) atoms. The average Bonchev–Trinajstić information content (AvgIpc) is 2.99. The van der Waals surface area contributed by atoms with Gasteiger partial charge in [0.15, 0.2) is 0 Å². The van der Waals surface area contributed by atoms with Gasteiger partial charge in [-0.05, 0) is 25.1 Å². The number of anilines is 1. The number of nitrogens with one attached hydrogen (secondary N) is 1. The molecule has 2 N–H and O–H groups in total. The third-order valence-electron chi connectivity index (χ3n) is 4.46. The molecule has 2 aromatic carbocycles. The minimum absolute atomic E-state index is 0.00897. The Kier molecular flexibility index (Phi) is 5.47. The summed E-state index contributed by atoms with van der Waals surface area (Å²) in [4.78, 5) is 22.4. The van der Waals surface area contributed by atoms with Gasteiger partial charge in [-0.15, -0.1) is 0 Å². The summed E-state index contributed by atoms with van der Waals surface area (Å²) < 4.78 is 2.95. The van der Waals surface area contributed by atoms with Crippen LogP contribution in [-0.2, 0) is 18.3 Å². The van der Waals surface area contributed by atoms with Gasteiger partial charge in [0.2, 0.25) is 5.52 Å². The van der Waals surface area contributed by atoms with E-state index in [-0.39, 0.29) is 23.8 Å². The number of hydrogen-bond donors (Lipinski definition) is 2. The Morgan fingerprint density at radius 3 is 2.66 bits per heavy atom. The van der Waals surface area contributed by atoms with Crippen molar-refractivity contribution in [3.8, 4) is 5.75 Å². The van der Waals surface area contributed by atoms with Crippen molar-refractivity contribution < 1.29 is 19.4 Å². The number of carbonyl (C=O) groups is 1. The Labute approximate surface area is 171 Å². The van der Waals surface area contributed by atoms with Gasteiger partial charge in [-0.25, -0.2) is 0 Å². The average molecular weight is 410 g/mol. The predicted molar refractivity (Wildman–Crippen MR) is 114 cm³/mol. The fourth-order valence-corrected chi connectivity index (χ4v) is 4.00. The summed E-state index contributed by atoms with van der Waals surface area (Å²) in [5.41, 5.74) is 3.07. The van der Waals surface area contributed by atoms with Crippen molar-refractivity contribution in [2.75, 3.05) is 5.32 Å². The molecule has 0 bridgehead atoms. The number of nitro benzene ring substituents is 1. The number of fused-ring (bicyclic) bond motifs is 1. The summed E-state index contributed by atoms with van der Waals surface area (Å²) in [5.74, 6) is -0.252. The Hall–Kier alpha value is -3.52. The smallest absolute Gasteiger partial charge is 0.269 e. The van der Waals surface area contributed by atoms with Gasteiger partial charge >= 0.3 is 0 Å². The molecule has 0 atom stereocenters. The Morgan fingerprint density at radius 2 is 2.00 bits per heavy atom. The van der Waals surface area contributed by atoms with E-state index in [9.17, 15) is 20.0 Å². The second-order valence-corrected chi connectivity index (χ2v) is 7.76. The third kappa shape index (κ3) is 4.17. The number of aryl methyl sites for hydroxylation is 1. The summed E-state index contributed by atoms with van der Waals surface area (Å²) in [6, 6.07) is 9.55. The van der Waals surface area contributed by atoms with E-state index in [0.29, 0.717) is 16.8 Å². The van der Waals surface area contributed by atoms with Gasteiger partial charge in [0.25, 0.3) is 16.6 Å². The lowest BCUT2D eigenvalue weighted by molar-refractivity contribution is -0.642. The third-order valence-corrected chi connectivity index (χ3v) is 5.78. The van der Waals surface area contributed by atoms with Gasteiger partial charge in [0, 0.05) is 47.0 Å². The highest BCUT2D eigenvalue weighted by atomic mass is 32.1. The first kappa shape index (κ1) is 20.2. The number of non-ortho nitro benzene ring substituents is 1. The summed E-state index contributed by atoms with van der Waals surface area (Å²) in [7, 11) is 1.89.